The van der Waals surface area contributed by atoms with Crippen molar-refractivity contribution in [3.63, 3.8) is 0 Å². The lowest BCUT2D eigenvalue weighted by atomic mass is 10.2. The zero-order valence-electron chi connectivity index (χ0n) is 11.2. The molecule has 0 saturated carbocycles. The molecule has 0 aliphatic carbocycles. The zero-order chi connectivity index (χ0) is 12.9. The monoisotopic (exact) mass is 255 g/mol. The molecule has 96 valence electrons. The second-order valence-electron chi connectivity index (χ2n) is 4.39. The third kappa shape index (κ3) is 4.81. The Balaban J connectivity index is 2.70. The number of nitrogens with zero attached hydrogens (tertiary/aromatic N) is 2. The van der Waals surface area contributed by atoms with Crippen LogP contribution >= 0.6 is 11.8 Å². The third-order valence-corrected chi connectivity index (χ3v) is 3.60. The van der Waals surface area contributed by atoms with Crippen LogP contribution in [-0.2, 0) is 0 Å². The van der Waals surface area contributed by atoms with E-state index in [-0.39, 0.29) is 4.75 Å². The molecule has 1 aromatic rings. The third-order valence-electron chi connectivity index (χ3n) is 2.35. The van der Waals surface area contributed by atoms with E-state index in [2.05, 4.69) is 35.4 Å². The Hall–Kier alpha value is -0.970. The number of rotatable bonds is 6. The van der Waals surface area contributed by atoms with E-state index in [0.717, 1.165) is 18.2 Å². The number of nitrogens with one attached hydrogen (secondary N) is 1. The number of aryl methyl sites for hydroxylation is 1. The number of hydrogen-bond donors (Lipinski definition) is 1. The Kier molecular flexibility index (Phi) is 5.05. The van der Waals surface area contributed by atoms with Crippen LogP contribution in [0.1, 0.15) is 26.6 Å². The molecule has 5 heteroatoms. The van der Waals surface area contributed by atoms with Crippen LogP contribution in [0.5, 0.6) is 5.88 Å². The highest BCUT2D eigenvalue weighted by atomic mass is 32.2. The highest BCUT2D eigenvalue weighted by Crippen LogP contribution is 2.22. The van der Waals surface area contributed by atoms with E-state index < -0.39 is 0 Å². The van der Waals surface area contributed by atoms with Crippen molar-refractivity contribution in [1.29, 1.82) is 0 Å². The SMILES string of the molecule is CCOc1cc(NCC(C)(C)SC)nc(C)n1. The van der Waals surface area contributed by atoms with Gasteiger partial charge in [0.2, 0.25) is 5.88 Å². The second-order valence-corrected chi connectivity index (χ2v) is 5.90. The van der Waals surface area contributed by atoms with Gasteiger partial charge < -0.3 is 10.1 Å². The highest BCUT2D eigenvalue weighted by molar-refractivity contribution is 7.99. The molecule has 0 unspecified atom stereocenters. The van der Waals surface area contributed by atoms with E-state index in [0.29, 0.717) is 12.5 Å². The van der Waals surface area contributed by atoms with Crippen LogP contribution in [0.3, 0.4) is 0 Å². The quantitative estimate of drug-likeness (QED) is 0.847. The van der Waals surface area contributed by atoms with Crippen molar-refractivity contribution in [3.8, 4) is 5.88 Å². The fourth-order valence-corrected chi connectivity index (χ4v) is 1.44. The molecule has 0 amide bonds. The summed E-state index contributed by atoms with van der Waals surface area (Å²) >= 11 is 1.83. The smallest absolute Gasteiger partial charge is 0.218 e. The van der Waals surface area contributed by atoms with Crippen LogP contribution in [0.2, 0.25) is 0 Å². The Morgan fingerprint density at radius 2 is 2.12 bits per heavy atom. The van der Waals surface area contributed by atoms with Crippen molar-refractivity contribution in [2.75, 3.05) is 24.7 Å². The summed E-state index contributed by atoms with van der Waals surface area (Å²) in [6.45, 7) is 9.68. The van der Waals surface area contributed by atoms with Gasteiger partial charge in [-0.1, -0.05) is 0 Å². The molecule has 1 N–H and O–H groups in total. The molecule has 4 nitrogen and oxygen atoms in total. The summed E-state index contributed by atoms with van der Waals surface area (Å²) in [5, 5.41) is 3.32. The normalized spacial score (nSPS) is 11.4. The van der Waals surface area contributed by atoms with Gasteiger partial charge in [0.1, 0.15) is 11.6 Å². The van der Waals surface area contributed by atoms with Crippen LogP contribution in [0.25, 0.3) is 0 Å². The van der Waals surface area contributed by atoms with Gasteiger partial charge in [0, 0.05) is 17.4 Å². The van der Waals surface area contributed by atoms with E-state index in [1.165, 1.54) is 0 Å². The topological polar surface area (TPSA) is 47.0 Å². The predicted octanol–water partition coefficient (Wildman–Crippen LogP) is 2.74. The minimum atomic E-state index is 0.185. The lowest BCUT2D eigenvalue weighted by molar-refractivity contribution is 0.325. The molecule has 0 aliphatic heterocycles. The van der Waals surface area contributed by atoms with Gasteiger partial charge in [-0.25, -0.2) is 4.98 Å². The van der Waals surface area contributed by atoms with E-state index in [1.54, 1.807) is 0 Å². The Labute approximate surface area is 108 Å². The average Bonchev–Trinajstić information content (AvgIpc) is 2.26. The maximum Gasteiger partial charge on any atom is 0.218 e. The summed E-state index contributed by atoms with van der Waals surface area (Å²) in [6, 6.07) is 1.84. The summed E-state index contributed by atoms with van der Waals surface area (Å²) in [5.74, 6) is 2.17. The average molecular weight is 255 g/mol. The maximum atomic E-state index is 5.39. The highest BCUT2D eigenvalue weighted by Gasteiger charge is 2.15. The van der Waals surface area contributed by atoms with Gasteiger partial charge in [0.05, 0.1) is 6.61 Å². The maximum absolute atomic E-state index is 5.39. The molecule has 0 bridgehead atoms. The first-order valence-electron chi connectivity index (χ1n) is 5.74. The van der Waals surface area contributed by atoms with Crippen LogP contribution in [0, 0.1) is 6.92 Å². The van der Waals surface area contributed by atoms with Gasteiger partial charge in [-0.3, -0.25) is 0 Å². The summed E-state index contributed by atoms with van der Waals surface area (Å²) in [5.41, 5.74) is 0. The molecule has 17 heavy (non-hydrogen) atoms. The fraction of sp³-hybridized carbons (Fsp3) is 0.667. The molecule has 0 spiro atoms. The predicted molar refractivity (Wildman–Crippen MR) is 74.0 cm³/mol. The van der Waals surface area contributed by atoms with E-state index in [4.69, 9.17) is 4.74 Å². The van der Waals surface area contributed by atoms with Crippen molar-refractivity contribution in [1.82, 2.24) is 9.97 Å². The van der Waals surface area contributed by atoms with E-state index >= 15 is 0 Å². The van der Waals surface area contributed by atoms with E-state index in [9.17, 15) is 0 Å². The molecule has 0 aromatic carbocycles. The molecule has 0 fully saturated rings. The summed E-state index contributed by atoms with van der Waals surface area (Å²) in [7, 11) is 0. The Bertz CT molecular complexity index is 369. The van der Waals surface area contributed by atoms with Gasteiger partial charge in [-0.2, -0.15) is 16.7 Å². The Morgan fingerprint density at radius 3 is 2.71 bits per heavy atom. The van der Waals surface area contributed by atoms with Crippen molar-refractivity contribution in [2.24, 2.45) is 0 Å². The van der Waals surface area contributed by atoms with Crippen LogP contribution < -0.4 is 10.1 Å². The Morgan fingerprint density at radius 1 is 1.41 bits per heavy atom. The van der Waals surface area contributed by atoms with Gasteiger partial charge in [0.15, 0.2) is 0 Å². The number of thioether (sulfide) groups is 1. The molecule has 0 atom stereocenters. The van der Waals surface area contributed by atoms with Gasteiger partial charge in [-0.05, 0) is 34.0 Å². The van der Waals surface area contributed by atoms with E-state index in [1.807, 2.05) is 31.7 Å². The first kappa shape index (κ1) is 14.1. The molecular formula is C12H21N3OS. The lowest BCUT2D eigenvalue weighted by Crippen LogP contribution is -2.26. The van der Waals surface area contributed by atoms with Crippen molar-refractivity contribution >= 4 is 17.6 Å². The van der Waals surface area contributed by atoms with Crippen molar-refractivity contribution in [3.05, 3.63) is 11.9 Å². The molecule has 1 aromatic heterocycles. The molecule has 1 heterocycles. The van der Waals surface area contributed by atoms with Crippen molar-refractivity contribution in [2.45, 2.75) is 32.4 Å². The van der Waals surface area contributed by atoms with Crippen molar-refractivity contribution < 1.29 is 4.74 Å². The number of anilines is 1. The number of hydrogen-bond acceptors (Lipinski definition) is 5. The zero-order valence-corrected chi connectivity index (χ0v) is 12.0. The molecule has 0 aliphatic rings. The van der Waals surface area contributed by atoms with Gasteiger partial charge in [-0.15, -0.1) is 0 Å². The lowest BCUT2D eigenvalue weighted by Gasteiger charge is -2.22. The second kappa shape index (κ2) is 6.10. The molecule has 0 radical (unpaired) electrons. The minimum absolute atomic E-state index is 0.185. The number of aromatic nitrogens is 2. The molecule has 0 saturated heterocycles. The van der Waals surface area contributed by atoms with Crippen LogP contribution in [0.15, 0.2) is 6.07 Å². The first-order chi connectivity index (χ1) is 7.96. The minimum Gasteiger partial charge on any atom is -0.478 e. The van der Waals surface area contributed by atoms with Gasteiger partial charge in [0.25, 0.3) is 0 Å². The fourth-order valence-electron chi connectivity index (χ4n) is 1.23. The largest absolute Gasteiger partial charge is 0.478 e. The summed E-state index contributed by atoms with van der Waals surface area (Å²) < 4.78 is 5.57. The first-order valence-corrected chi connectivity index (χ1v) is 6.97. The van der Waals surface area contributed by atoms with Gasteiger partial charge >= 0.3 is 0 Å². The van der Waals surface area contributed by atoms with Crippen LogP contribution in [-0.4, -0.2) is 34.1 Å². The molecular weight excluding hydrogens is 234 g/mol. The summed E-state index contributed by atoms with van der Waals surface area (Å²) in [6.07, 6.45) is 2.11. The summed E-state index contributed by atoms with van der Waals surface area (Å²) in [4.78, 5) is 8.55. The number of ether oxygens (including phenoxy) is 1. The standard InChI is InChI=1S/C12H21N3OS/c1-6-16-11-7-10(14-9(2)15-11)13-8-12(3,4)17-5/h7H,6,8H2,1-5H3,(H,13,14,15). The molecule has 1 rings (SSSR count). The van der Waals surface area contributed by atoms with Crippen LogP contribution in [0.4, 0.5) is 5.82 Å².